The molecule has 0 amide bonds. The van der Waals surface area contributed by atoms with E-state index in [0.29, 0.717) is 51.4 Å². The van der Waals surface area contributed by atoms with Crippen LogP contribution in [0.2, 0.25) is 0 Å². The van der Waals surface area contributed by atoms with E-state index in [1.807, 2.05) is 27.7 Å². The van der Waals surface area contributed by atoms with Gasteiger partial charge in [0.25, 0.3) is 0 Å². The van der Waals surface area contributed by atoms with Gasteiger partial charge in [0, 0.05) is 0 Å². The highest BCUT2D eigenvalue weighted by atomic mass is 16.4. The molecule has 0 saturated carbocycles. The molecule has 0 aliphatic carbocycles. The Morgan fingerprint density at radius 1 is 0.760 bits per heavy atom. The van der Waals surface area contributed by atoms with E-state index in [1.54, 1.807) is 0 Å². The molecule has 1 unspecified atom stereocenters. The van der Waals surface area contributed by atoms with Crippen LogP contribution in [-0.4, -0.2) is 45.1 Å². The summed E-state index contributed by atoms with van der Waals surface area (Å²) in [5, 5.41) is 35.7. The Balaban J connectivity index is 0. The molecule has 4 N–H and O–H groups in total. The Bertz CT molecular complexity index is 334. The smallest absolute Gasteiger partial charge is 0.310 e. The molecule has 0 aromatic heterocycles. The summed E-state index contributed by atoms with van der Waals surface area (Å²) in [6, 6.07) is 0. The minimum absolute atomic E-state index is 0.139. The van der Waals surface area contributed by atoms with Crippen molar-refractivity contribution >= 4 is 11.9 Å². The summed E-state index contributed by atoms with van der Waals surface area (Å²) in [6.07, 6.45) is 3.93. The van der Waals surface area contributed by atoms with E-state index < -0.39 is 28.9 Å². The van der Waals surface area contributed by atoms with Crippen molar-refractivity contribution in [3.8, 4) is 0 Å². The molecule has 0 aliphatic heterocycles. The number of hydrogen-bond donors (Lipinski definition) is 4. The molecule has 0 heterocycles. The monoisotopic (exact) mass is 362 g/mol. The molecular formula is C19H38O6. The molecule has 0 aliphatic rings. The van der Waals surface area contributed by atoms with Gasteiger partial charge in [0.1, 0.15) is 0 Å². The first kappa shape index (κ1) is 26.1. The Morgan fingerprint density at radius 2 is 0.960 bits per heavy atom. The molecule has 0 aromatic rings. The van der Waals surface area contributed by atoms with Gasteiger partial charge in [-0.3, -0.25) is 9.59 Å². The number of aliphatic carboxylic acids is 2. The lowest BCUT2D eigenvalue weighted by Crippen LogP contribution is -2.52. The molecule has 0 aromatic carbocycles. The van der Waals surface area contributed by atoms with Crippen LogP contribution in [0.25, 0.3) is 0 Å². The summed E-state index contributed by atoms with van der Waals surface area (Å²) in [7, 11) is 0. The van der Waals surface area contributed by atoms with Crippen LogP contribution in [0.4, 0.5) is 0 Å². The maximum absolute atomic E-state index is 12.0. The van der Waals surface area contributed by atoms with E-state index in [-0.39, 0.29) is 6.61 Å². The van der Waals surface area contributed by atoms with Crippen molar-refractivity contribution in [2.24, 2.45) is 10.8 Å². The Morgan fingerprint density at radius 3 is 1.04 bits per heavy atom. The summed E-state index contributed by atoms with van der Waals surface area (Å²) in [5.41, 5.74) is -2.29. The number of carbonyl (C=O) groups is 2. The fraction of sp³-hybridized carbons (Fsp3) is 0.895. The van der Waals surface area contributed by atoms with Gasteiger partial charge in [-0.05, 0) is 32.6 Å². The van der Waals surface area contributed by atoms with E-state index in [4.69, 9.17) is 10.2 Å². The van der Waals surface area contributed by atoms with Gasteiger partial charge in [0.05, 0.1) is 23.5 Å². The molecule has 6 heteroatoms. The van der Waals surface area contributed by atoms with Crippen molar-refractivity contribution in [3.63, 3.8) is 0 Å². The molecule has 150 valence electrons. The van der Waals surface area contributed by atoms with E-state index in [2.05, 4.69) is 0 Å². The fourth-order valence-electron chi connectivity index (χ4n) is 3.75. The van der Waals surface area contributed by atoms with Crippen molar-refractivity contribution in [3.05, 3.63) is 0 Å². The predicted octanol–water partition coefficient (Wildman–Crippen LogP) is 3.69. The summed E-state index contributed by atoms with van der Waals surface area (Å²) in [5.74, 6) is -1.88. The van der Waals surface area contributed by atoms with Crippen LogP contribution in [0.1, 0.15) is 86.0 Å². The van der Waals surface area contributed by atoms with Gasteiger partial charge >= 0.3 is 11.9 Å². The third kappa shape index (κ3) is 6.94. The minimum atomic E-state index is -1.14. The van der Waals surface area contributed by atoms with Crippen molar-refractivity contribution in [2.45, 2.75) is 92.1 Å². The first-order valence-electron chi connectivity index (χ1n) is 9.41. The molecule has 1 atom stereocenters. The first-order chi connectivity index (χ1) is 11.6. The predicted molar refractivity (Wildman–Crippen MR) is 98.5 cm³/mol. The lowest BCUT2D eigenvalue weighted by Gasteiger charge is -2.45. The largest absolute Gasteiger partial charge is 0.481 e. The van der Waals surface area contributed by atoms with Crippen LogP contribution < -0.4 is 0 Å². The van der Waals surface area contributed by atoms with Crippen LogP contribution in [0.15, 0.2) is 0 Å². The minimum Gasteiger partial charge on any atom is -0.481 e. The molecule has 6 nitrogen and oxygen atoms in total. The lowest BCUT2D eigenvalue weighted by atomic mass is 9.55. The zero-order chi connectivity index (χ0) is 20.1. The summed E-state index contributed by atoms with van der Waals surface area (Å²) in [6.45, 7) is 9.10. The van der Waals surface area contributed by atoms with Crippen LogP contribution in [0.3, 0.4) is 0 Å². The molecule has 0 rings (SSSR count). The Labute approximate surface area is 152 Å². The molecule has 0 saturated heterocycles. The Kier molecular flexibility index (Phi) is 13.7. The van der Waals surface area contributed by atoms with Crippen LogP contribution >= 0.6 is 0 Å². The highest BCUT2D eigenvalue weighted by Gasteiger charge is 2.58. The lowest BCUT2D eigenvalue weighted by molar-refractivity contribution is -0.179. The maximum atomic E-state index is 12.0. The number of aliphatic hydroxyl groups is 2. The molecule has 25 heavy (non-hydrogen) atoms. The van der Waals surface area contributed by atoms with Crippen molar-refractivity contribution < 1.29 is 30.0 Å². The summed E-state index contributed by atoms with van der Waals surface area (Å²) in [4.78, 5) is 24.1. The van der Waals surface area contributed by atoms with E-state index >= 15 is 0 Å². The number of carboxylic acid groups (broad SMARTS) is 2. The fourth-order valence-corrected chi connectivity index (χ4v) is 3.75. The van der Waals surface area contributed by atoms with Crippen LogP contribution in [0, 0.1) is 10.8 Å². The second-order valence-electron chi connectivity index (χ2n) is 6.81. The topological polar surface area (TPSA) is 115 Å². The molecule has 0 bridgehead atoms. The standard InChI is InChI=1S/C16H30O4.C3H8O2/c1-5-9-15(10-6-2,13(17)18)16(11-7-3,12-8-4)14(19)20;1-3(5)2-4/h5-12H2,1-4H3,(H,17,18)(H,19,20);3-5H,2H2,1H3. The normalized spacial score (nSPS) is 12.9. The van der Waals surface area contributed by atoms with E-state index in [1.165, 1.54) is 6.92 Å². The van der Waals surface area contributed by atoms with Crippen LogP contribution in [0.5, 0.6) is 0 Å². The van der Waals surface area contributed by atoms with Gasteiger partial charge < -0.3 is 20.4 Å². The summed E-state index contributed by atoms with van der Waals surface area (Å²) >= 11 is 0. The number of aliphatic hydroxyl groups excluding tert-OH is 2. The maximum Gasteiger partial charge on any atom is 0.310 e. The molecule has 0 radical (unpaired) electrons. The van der Waals surface area contributed by atoms with Crippen molar-refractivity contribution in [2.75, 3.05) is 6.61 Å². The zero-order valence-electron chi connectivity index (χ0n) is 16.5. The van der Waals surface area contributed by atoms with Gasteiger partial charge in [0.15, 0.2) is 0 Å². The SMILES string of the molecule is CC(O)CO.CCCC(CCC)(C(=O)O)C(CCC)(CCC)C(=O)O. The highest BCUT2D eigenvalue weighted by molar-refractivity contribution is 5.86. The van der Waals surface area contributed by atoms with E-state index in [0.717, 1.165) is 0 Å². The Hall–Kier alpha value is -1.14. The number of carboxylic acids is 2. The summed E-state index contributed by atoms with van der Waals surface area (Å²) < 4.78 is 0. The first-order valence-corrected chi connectivity index (χ1v) is 9.41. The van der Waals surface area contributed by atoms with Gasteiger partial charge in [-0.1, -0.05) is 53.4 Å². The molecular weight excluding hydrogens is 324 g/mol. The number of rotatable bonds is 12. The average molecular weight is 363 g/mol. The second-order valence-corrected chi connectivity index (χ2v) is 6.81. The van der Waals surface area contributed by atoms with Gasteiger partial charge in [-0.25, -0.2) is 0 Å². The van der Waals surface area contributed by atoms with Gasteiger partial charge in [-0.2, -0.15) is 0 Å². The third-order valence-electron chi connectivity index (χ3n) is 4.71. The van der Waals surface area contributed by atoms with Crippen molar-refractivity contribution in [1.82, 2.24) is 0 Å². The highest BCUT2D eigenvalue weighted by Crippen LogP contribution is 2.53. The molecule has 0 fully saturated rings. The zero-order valence-corrected chi connectivity index (χ0v) is 16.5. The van der Waals surface area contributed by atoms with Crippen molar-refractivity contribution in [1.29, 1.82) is 0 Å². The molecule has 0 spiro atoms. The number of hydrogen-bond acceptors (Lipinski definition) is 4. The van der Waals surface area contributed by atoms with E-state index in [9.17, 15) is 19.8 Å². The second kappa shape index (κ2) is 13.1. The van der Waals surface area contributed by atoms with Gasteiger partial charge in [0.2, 0.25) is 0 Å². The quantitative estimate of drug-likeness (QED) is 0.421. The average Bonchev–Trinajstić information content (AvgIpc) is 2.54. The van der Waals surface area contributed by atoms with Crippen LogP contribution in [-0.2, 0) is 9.59 Å². The van der Waals surface area contributed by atoms with Gasteiger partial charge in [-0.15, -0.1) is 0 Å². The third-order valence-corrected chi connectivity index (χ3v) is 4.71.